The number of nitrogens with zero attached hydrogens (tertiary/aromatic N) is 1. The lowest BCUT2D eigenvalue weighted by molar-refractivity contribution is 0.167. The molecule has 1 aromatic heterocycles. The van der Waals surface area contributed by atoms with Gasteiger partial charge in [0.05, 0.1) is 12.6 Å². The molecule has 1 unspecified atom stereocenters. The van der Waals surface area contributed by atoms with Gasteiger partial charge in [0.25, 0.3) is 0 Å². The summed E-state index contributed by atoms with van der Waals surface area (Å²) < 4.78 is 5.31. The van der Waals surface area contributed by atoms with Crippen LogP contribution in [0.3, 0.4) is 0 Å². The highest BCUT2D eigenvalue weighted by Gasteiger charge is 2.13. The van der Waals surface area contributed by atoms with Crippen molar-refractivity contribution in [2.75, 3.05) is 20.3 Å². The van der Waals surface area contributed by atoms with Gasteiger partial charge in [0.15, 0.2) is 0 Å². The quantitative estimate of drug-likeness (QED) is 0.848. The summed E-state index contributed by atoms with van der Waals surface area (Å²) in [5.74, 6) is 0. The molecule has 2 rings (SSSR count). The Balaban J connectivity index is 2.36. The third-order valence-electron chi connectivity index (χ3n) is 3.05. The molecule has 3 nitrogen and oxygen atoms in total. The first kappa shape index (κ1) is 13.0. The smallest absolute Gasteiger partial charge is 0.0658 e. The number of methoxy groups -OCH3 is 1. The van der Waals surface area contributed by atoms with Crippen molar-refractivity contribution in [3.8, 4) is 0 Å². The first-order chi connectivity index (χ1) is 8.86. The maximum atomic E-state index is 5.31. The lowest BCUT2D eigenvalue weighted by atomic mass is 10.0. The molecule has 1 atom stereocenters. The Morgan fingerprint density at radius 2 is 2.11 bits per heavy atom. The van der Waals surface area contributed by atoms with Gasteiger partial charge in [-0.25, -0.2) is 0 Å². The summed E-state index contributed by atoms with van der Waals surface area (Å²) in [6, 6.07) is 8.54. The SMILES string of the molecule is CCCNC(COC)c1cncc2ccccc12. The Hall–Kier alpha value is -1.45. The third-order valence-corrected chi connectivity index (χ3v) is 3.05. The monoisotopic (exact) mass is 244 g/mol. The van der Waals surface area contributed by atoms with Crippen LogP contribution in [0.1, 0.15) is 24.9 Å². The second-order valence-corrected chi connectivity index (χ2v) is 4.41. The summed E-state index contributed by atoms with van der Waals surface area (Å²) in [6.07, 6.45) is 4.95. The fourth-order valence-corrected chi connectivity index (χ4v) is 2.16. The molecule has 0 spiro atoms. The maximum absolute atomic E-state index is 5.31. The van der Waals surface area contributed by atoms with Gasteiger partial charge in [-0.1, -0.05) is 31.2 Å². The molecule has 18 heavy (non-hydrogen) atoms. The maximum Gasteiger partial charge on any atom is 0.0658 e. The summed E-state index contributed by atoms with van der Waals surface area (Å²) in [7, 11) is 1.74. The second kappa shape index (κ2) is 6.47. The largest absolute Gasteiger partial charge is 0.383 e. The van der Waals surface area contributed by atoms with Crippen LogP contribution in [0.4, 0.5) is 0 Å². The van der Waals surface area contributed by atoms with E-state index in [1.54, 1.807) is 7.11 Å². The molecule has 0 radical (unpaired) electrons. The minimum atomic E-state index is 0.202. The molecular weight excluding hydrogens is 224 g/mol. The van der Waals surface area contributed by atoms with Crippen molar-refractivity contribution >= 4 is 10.8 Å². The molecular formula is C15H20N2O. The van der Waals surface area contributed by atoms with E-state index in [-0.39, 0.29) is 6.04 Å². The fourth-order valence-electron chi connectivity index (χ4n) is 2.16. The zero-order chi connectivity index (χ0) is 12.8. The number of pyridine rings is 1. The van der Waals surface area contributed by atoms with E-state index in [4.69, 9.17) is 4.74 Å². The van der Waals surface area contributed by atoms with E-state index in [1.807, 2.05) is 18.5 Å². The van der Waals surface area contributed by atoms with Crippen molar-refractivity contribution in [2.24, 2.45) is 0 Å². The minimum Gasteiger partial charge on any atom is -0.383 e. The summed E-state index contributed by atoms with van der Waals surface area (Å²) in [5.41, 5.74) is 1.21. The summed E-state index contributed by atoms with van der Waals surface area (Å²) in [6.45, 7) is 3.81. The van der Waals surface area contributed by atoms with Gasteiger partial charge in [-0.05, 0) is 23.9 Å². The average Bonchev–Trinajstić information content (AvgIpc) is 2.43. The lowest BCUT2D eigenvalue weighted by Crippen LogP contribution is -2.26. The molecule has 1 aromatic carbocycles. The Kier molecular flexibility index (Phi) is 4.67. The standard InChI is InChI=1S/C15H20N2O/c1-3-8-17-15(11-18-2)14-10-16-9-12-6-4-5-7-13(12)14/h4-7,9-10,15,17H,3,8,11H2,1-2H3. The number of hydrogen-bond donors (Lipinski definition) is 1. The zero-order valence-electron chi connectivity index (χ0n) is 11.0. The van der Waals surface area contributed by atoms with Crippen molar-refractivity contribution in [1.29, 1.82) is 0 Å². The summed E-state index contributed by atoms with van der Waals surface area (Å²) >= 11 is 0. The highest BCUT2D eigenvalue weighted by Crippen LogP contribution is 2.23. The topological polar surface area (TPSA) is 34.1 Å². The number of rotatable bonds is 6. The normalized spacial score (nSPS) is 12.8. The van der Waals surface area contributed by atoms with E-state index < -0.39 is 0 Å². The van der Waals surface area contributed by atoms with E-state index >= 15 is 0 Å². The van der Waals surface area contributed by atoms with Crippen LogP contribution < -0.4 is 5.32 Å². The van der Waals surface area contributed by atoms with E-state index in [0.717, 1.165) is 13.0 Å². The number of fused-ring (bicyclic) bond motifs is 1. The second-order valence-electron chi connectivity index (χ2n) is 4.41. The zero-order valence-corrected chi connectivity index (χ0v) is 11.0. The van der Waals surface area contributed by atoms with Crippen LogP contribution >= 0.6 is 0 Å². The Labute approximate surface area is 108 Å². The van der Waals surface area contributed by atoms with Crippen LogP contribution in [-0.2, 0) is 4.74 Å². The third kappa shape index (κ3) is 2.86. The molecule has 0 saturated heterocycles. The molecule has 1 heterocycles. The van der Waals surface area contributed by atoms with Crippen LogP contribution in [0.15, 0.2) is 36.7 Å². The van der Waals surface area contributed by atoms with Gasteiger partial charge < -0.3 is 10.1 Å². The molecule has 0 amide bonds. The van der Waals surface area contributed by atoms with Crippen molar-refractivity contribution < 1.29 is 4.74 Å². The van der Waals surface area contributed by atoms with Crippen LogP contribution in [0, 0.1) is 0 Å². The van der Waals surface area contributed by atoms with Gasteiger partial charge in [0.1, 0.15) is 0 Å². The van der Waals surface area contributed by atoms with Gasteiger partial charge >= 0.3 is 0 Å². The molecule has 3 heteroatoms. The molecule has 2 aromatic rings. The predicted molar refractivity (Wildman–Crippen MR) is 74.7 cm³/mol. The molecule has 0 saturated carbocycles. The highest BCUT2D eigenvalue weighted by atomic mass is 16.5. The molecule has 1 N–H and O–H groups in total. The molecule has 0 fully saturated rings. The van der Waals surface area contributed by atoms with Crippen LogP contribution in [0.25, 0.3) is 10.8 Å². The van der Waals surface area contributed by atoms with E-state index in [0.29, 0.717) is 6.61 Å². The molecule has 0 aliphatic carbocycles. The number of hydrogen-bond acceptors (Lipinski definition) is 3. The molecule has 0 aliphatic heterocycles. The summed E-state index contributed by atoms with van der Waals surface area (Å²) in [5, 5.41) is 5.94. The fraction of sp³-hybridized carbons (Fsp3) is 0.400. The van der Waals surface area contributed by atoms with E-state index in [1.165, 1.54) is 16.3 Å². The number of benzene rings is 1. The van der Waals surface area contributed by atoms with Crippen molar-refractivity contribution in [3.63, 3.8) is 0 Å². The molecule has 0 aliphatic rings. The Morgan fingerprint density at radius 1 is 1.28 bits per heavy atom. The Bertz CT molecular complexity index is 493. The van der Waals surface area contributed by atoms with Gasteiger partial charge in [-0.2, -0.15) is 0 Å². The van der Waals surface area contributed by atoms with Gasteiger partial charge in [0, 0.05) is 24.9 Å². The number of ether oxygens (including phenoxy) is 1. The summed E-state index contributed by atoms with van der Waals surface area (Å²) in [4.78, 5) is 4.33. The molecule has 96 valence electrons. The Morgan fingerprint density at radius 3 is 2.89 bits per heavy atom. The average molecular weight is 244 g/mol. The van der Waals surface area contributed by atoms with Crippen LogP contribution in [0.2, 0.25) is 0 Å². The van der Waals surface area contributed by atoms with Gasteiger partial charge in [-0.15, -0.1) is 0 Å². The van der Waals surface area contributed by atoms with Gasteiger partial charge in [-0.3, -0.25) is 4.98 Å². The van der Waals surface area contributed by atoms with Gasteiger partial charge in [0.2, 0.25) is 0 Å². The first-order valence-corrected chi connectivity index (χ1v) is 6.41. The first-order valence-electron chi connectivity index (χ1n) is 6.41. The number of nitrogens with one attached hydrogen (secondary N) is 1. The van der Waals surface area contributed by atoms with Crippen molar-refractivity contribution in [2.45, 2.75) is 19.4 Å². The minimum absolute atomic E-state index is 0.202. The molecule has 0 bridgehead atoms. The number of aromatic nitrogens is 1. The van der Waals surface area contributed by atoms with Crippen LogP contribution in [-0.4, -0.2) is 25.2 Å². The lowest BCUT2D eigenvalue weighted by Gasteiger charge is -2.19. The van der Waals surface area contributed by atoms with E-state index in [9.17, 15) is 0 Å². The highest BCUT2D eigenvalue weighted by molar-refractivity contribution is 5.85. The predicted octanol–water partition coefficient (Wildman–Crippen LogP) is 2.92. The van der Waals surface area contributed by atoms with Crippen LogP contribution in [0.5, 0.6) is 0 Å². The van der Waals surface area contributed by atoms with Crippen molar-refractivity contribution in [3.05, 3.63) is 42.2 Å². The van der Waals surface area contributed by atoms with E-state index in [2.05, 4.69) is 35.4 Å². The van der Waals surface area contributed by atoms with Crippen molar-refractivity contribution in [1.82, 2.24) is 10.3 Å².